The number of nitrogens with zero attached hydrogens (tertiary/aromatic N) is 1. The van der Waals surface area contributed by atoms with Crippen molar-refractivity contribution in [2.75, 3.05) is 19.6 Å². The molecule has 110 valence electrons. The average molecular weight is 273 g/mol. The van der Waals surface area contributed by atoms with E-state index in [-0.39, 0.29) is 11.2 Å². The second-order valence-electron chi connectivity index (χ2n) is 7.11. The van der Waals surface area contributed by atoms with E-state index in [2.05, 4.69) is 32.6 Å². The van der Waals surface area contributed by atoms with Crippen LogP contribution in [0, 0.1) is 17.3 Å². The first-order valence-electron chi connectivity index (χ1n) is 7.72. The minimum Gasteiger partial charge on any atom is -0.302 e. The van der Waals surface area contributed by atoms with Crippen LogP contribution in [-0.4, -0.2) is 30.3 Å². The van der Waals surface area contributed by atoms with Crippen molar-refractivity contribution in [2.24, 2.45) is 17.3 Å². The van der Waals surface area contributed by atoms with Gasteiger partial charge in [-0.3, -0.25) is 4.79 Å². The van der Waals surface area contributed by atoms with Crippen LogP contribution in [0.25, 0.3) is 0 Å². The molecule has 2 nitrogen and oxygen atoms in total. The number of rotatable bonds is 5. The van der Waals surface area contributed by atoms with Crippen molar-refractivity contribution in [2.45, 2.75) is 34.1 Å². The summed E-state index contributed by atoms with van der Waals surface area (Å²) in [6, 6.07) is 9.68. The zero-order valence-corrected chi connectivity index (χ0v) is 13.2. The number of ketones is 1. The average Bonchev–Trinajstić information content (AvgIpc) is 2.87. The Morgan fingerprint density at radius 1 is 1.30 bits per heavy atom. The van der Waals surface area contributed by atoms with Crippen molar-refractivity contribution in [3.8, 4) is 0 Å². The Morgan fingerprint density at radius 2 is 1.95 bits per heavy atom. The van der Waals surface area contributed by atoms with Gasteiger partial charge in [-0.2, -0.15) is 0 Å². The minimum absolute atomic E-state index is 0.256. The van der Waals surface area contributed by atoms with Crippen LogP contribution in [0.3, 0.4) is 0 Å². The second-order valence-corrected chi connectivity index (χ2v) is 7.11. The molecule has 0 N–H and O–H groups in total. The fourth-order valence-corrected chi connectivity index (χ4v) is 3.16. The molecule has 0 amide bonds. The summed E-state index contributed by atoms with van der Waals surface area (Å²) >= 11 is 0. The number of hydrogen-bond donors (Lipinski definition) is 0. The summed E-state index contributed by atoms with van der Waals surface area (Å²) in [6.45, 7) is 11.9. The first-order valence-corrected chi connectivity index (χ1v) is 7.72. The van der Waals surface area contributed by atoms with E-state index in [1.165, 1.54) is 6.42 Å². The third-order valence-corrected chi connectivity index (χ3v) is 4.52. The zero-order chi connectivity index (χ0) is 14.8. The van der Waals surface area contributed by atoms with E-state index in [0.29, 0.717) is 0 Å². The first-order chi connectivity index (χ1) is 9.40. The van der Waals surface area contributed by atoms with E-state index in [9.17, 15) is 4.79 Å². The third-order valence-electron chi connectivity index (χ3n) is 4.52. The van der Waals surface area contributed by atoms with E-state index in [4.69, 9.17) is 0 Å². The van der Waals surface area contributed by atoms with Crippen molar-refractivity contribution < 1.29 is 4.79 Å². The summed E-state index contributed by atoms with van der Waals surface area (Å²) in [4.78, 5) is 15.1. The van der Waals surface area contributed by atoms with Gasteiger partial charge in [-0.15, -0.1) is 0 Å². The maximum Gasteiger partial charge on any atom is 0.169 e. The molecule has 0 aromatic heterocycles. The molecule has 1 saturated heterocycles. The van der Waals surface area contributed by atoms with Crippen LogP contribution in [0.4, 0.5) is 0 Å². The number of Topliss-reactive ketones (excluding diaryl/α,β-unsaturated/α-hetero) is 1. The number of likely N-dealkylation sites (tertiary alicyclic amines) is 1. The van der Waals surface area contributed by atoms with Crippen molar-refractivity contribution in [1.82, 2.24) is 4.90 Å². The fourth-order valence-electron chi connectivity index (χ4n) is 3.16. The highest BCUT2D eigenvalue weighted by molar-refractivity contribution is 6.00. The normalized spacial score (nSPS) is 20.6. The Kier molecular flexibility index (Phi) is 4.64. The molecule has 1 aliphatic heterocycles. The largest absolute Gasteiger partial charge is 0.302 e. The number of carbonyl (C=O) groups is 1. The smallest absolute Gasteiger partial charge is 0.169 e. The lowest BCUT2D eigenvalue weighted by atomic mass is 9.83. The van der Waals surface area contributed by atoms with Crippen LogP contribution in [-0.2, 0) is 0 Å². The Balaban J connectivity index is 1.99. The van der Waals surface area contributed by atoms with Crippen LogP contribution in [0.15, 0.2) is 30.3 Å². The lowest BCUT2D eigenvalue weighted by Gasteiger charge is -2.29. The van der Waals surface area contributed by atoms with E-state index in [1.807, 2.05) is 30.3 Å². The lowest BCUT2D eigenvalue weighted by Crippen LogP contribution is -2.38. The van der Waals surface area contributed by atoms with E-state index in [0.717, 1.165) is 37.0 Å². The topological polar surface area (TPSA) is 20.3 Å². The maximum atomic E-state index is 12.6. The maximum absolute atomic E-state index is 12.6. The molecule has 1 fully saturated rings. The lowest BCUT2D eigenvalue weighted by molar-refractivity contribution is 0.0778. The van der Waals surface area contributed by atoms with Gasteiger partial charge in [0.1, 0.15) is 0 Å². The van der Waals surface area contributed by atoms with Gasteiger partial charge in [0.25, 0.3) is 0 Å². The first kappa shape index (κ1) is 15.2. The van der Waals surface area contributed by atoms with Gasteiger partial charge in [0.05, 0.1) is 0 Å². The molecule has 2 heteroatoms. The van der Waals surface area contributed by atoms with Crippen molar-refractivity contribution in [1.29, 1.82) is 0 Å². The van der Waals surface area contributed by atoms with Gasteiger partial charge in [0, 0.05) is 24.1 Å². The van der Waals surface area contributed by atoms with Gasteiger partial charge in [-0.1, -0.05) is 58.0 Å². The van der Waals surface area contributed by atoms with E-state index < -0.39 is 0 Å². The molecular weight excluding hydrogens is 246 g/mol. The summed E-state index contributed by atoms with van der Waals surface area (Å²) < 4.78 is 0. The summed E-state index contributed by atoms with van der Waals surface area (Å²) in [7, 11) is 0. The Hall–Kier alpha value is -1.15. The van der Waals surface area contributed by atoms with Gasteiger partial charge in [0.2, 0.25) is 0 Å². The van der Waals surface area contributed by atoms with E-state index >= 15 is 0 Å². The Morgan fingerprint density at radius 3 is 2.50 bits per heavy atom. The third kappa shape index (κ3) is 3.49. The summed E-state index contributed by atoms with van der Waals surface area (Å²) in [5.74, 6) is 1.79. The number of carbonyl (C=O) groups excluding carboxylic acids is 1. The molecule has 1 heterocycles. The van der Waals surface area contributed by atoms with Gasteiger partial charge in [-0.25, -0.2) is 0 Å². The van der Waals surface area contributed by atoms with Gasteiger partial charge in [0.15, 0.2) is 5.78 Å². The van der Waals surface area contributed by atoms with Crippen molar-refractivity contribution in [3.63, 3.8) is 0 Å². The molecule has 0 aliphatic carbocycles. The van der Waals surface area contributed by atoms with E-state index in [1.54, 1.807) is 0 Å². The SMILES string of the molecule is CC(C)C1CCN(CC(C)(C)C(=O)c2ccccc2)C1. The molecule has 1 aliphatic rings. The molecular formula is C18H27NO. The molecule has 1 unspecified atom stereocenters. The van der Waals surface area contributed by atoms with Crippen LogP contribution in [0.1, 0.15) is 44.5 Å². The van der Waals surface area contributed by atoms with Gasteiger partial charge in [-0.05, 0) is 24.8 Å². The predicted molar refractivity (Wildman–Crippen MR) is 83.9 cm³/mol. The summed E-state index contributed by atoms with van der Waals surface area (Å²) in [6.07, 6.45) is 1.27. The highest BCUT2D eigenvalue weighted by Gasteiger charge is 2.34. The number of benzene rings is 1. The molecule has 2 rings (SSSR count). The zero-order valence-electron chi connectivity index (χ0n) is 13.2. The highest BCUT2D eigenvalue weighted by atomic mass is 16.1. The standard InChI is InChI=1S/C18H27NO/c1-14(2)16-10-11-19(12-16)13-18(3,4)17(20)15-8-6-5-7-9-15/h5-9,14,16H,10-13H2,1-4H3. The molecule has 0 spiro atoms. The fraction of sp³-hybridized carbons (Fsp3) is 0.611. The van der Waals surface area contributed by atoms with Crippen LogP contribution in [0.5, 0.6) is 0 Å². The van der Waals surface area contributed by atoms with Crippen LogP contribution >= 0.6 is 0 Å². The molecule has 1 aromatic carbocycles. The molecule has 1 atom stereocenters. The quantitative estimate of drug-likeness (QED) is 0.759. The molecule has 20 heavy (non-hydrogen) atoms. The van der Waals surface area contributed by atoms with Gasteiger partial charge < -0.3 is 4.90 Å². The summed E-state index contributed by atoms with van der Waals surface area (Å²) in [5.41, 5.74) is 0.518. The second kappa shape index (κ2) is 6.09. The number of hydrogen-bond acceptors (Lipinski definition) is 2. The Labute approximate surface area is 123 Å². The van der Waals surface area contributed by atoms with Gasteiger partial charge >= 0.3 is 0 Å². The van der Waals surface area contributed by atoms with Crippen molar-refractivity contribution >= 4 is 5.78 Å². The van der Waals surface area contributed by atoms with Crippen LogP contribution in [0.2, 0.25) is 0 Å². The van der Waals surface area contributed by atoms with Crippen LogP contribution < -0.4 is 0 Å². The van der Waals surface area contributed by atoms with Crippen molar-refractivity contribution in [3.05, 3.63) is 35.9 Å². The molecule has 1 aromatic rings. The molecule has 0 radical (unpaired) electrons. The summed E-state index contributed by atoms with van der Waals surface area (Å²) in [5, 5.41) is 0. The Bertz CT molecular complexity index is 450. The molecule has 0 saturated carbocycles. The predicted octanol–water partition coefficient (Wildman–Crippen LogP) is 3.87. The highest BCUT2D eigenvalue weighted by Crippen LogP contribution is 2.29. The minimum atomic E-state index is -0.312. The monoisotopic (exact) mass is 273 g/mol. The molecule has 0 bridgehead atoms.